The van der Waals surface area contributed by atoms with Gasteiger partial charge in [0.1, 0.15) is 0 Å². The molecule has 0 spiro atoms. The maximum Gasteiger partial charge on any atom is 0.258 e. The minimum atomic E-state index is -0.237. The third kappa shape index (κ3) is 3.54. The van der Waals surface area contributed by atoms with Crippen LogP contribution in [-0.4, -0.2) is 33.8 Å². The van der Waals surface area contributed by atoms with Crippen LogP contribution in [0.5, 0.6) is 0 Å². The molecule has 1 aliphatic rings. The Balaban J connectivity index is 1.75. The van der Waals surface area contributed by atoms with E-state index in [1.165, 1.54) is 0 Å². The first-order valence-corrected chi connectivity index (χ1v) is 8.11. The zero-order valence-electron chi connectivity index (χ0n) is 13.3. The average molecular weight is 334 g/mol. The Labute approximate surface area is 140 Å². The van der Waals surface area contributed by atoms with Crippen molar-refractivity contribution in [2.45, 2.75) is 25.7 Å². The summed E-state index contributed by atoms with van der Waals surface area (Å²) in [4.78, 5) is 16.9. The molecule has 1 saturated heterocycles. The number of carbonyl (C=O) groups excluding carboxylic acids is 1. The number of halogens is 1. The molecule has 6 nitrogen and oxygen atoms in total. The van der Waals surface area contributed by atoms with Crippen molar-refractivity contribution >= 4 is 23.5 Å². The number of aromatic nitrogens is 3. The minimum Gasteiger partial charge on any atom is -0.317 e. The topological polar surface area (TPSA) is 71.8 Å². The van der Waals surface area contributed by atoms with Gasteiger partial charge in [-0.1, -0.05) is 17.7 Å². The first-order chi connectivity index (χ1) is 11.0. The molecule has 7 heteroatoms. The van der Waals surface area contributed by atoms with Gasteiger partial charge in [0.15, 0.2) is 5.82 Å². The summed E-state index contributed by atoms with van der Waals surface area (Å²) in [6.07, 6.45) is 2.04. The molecule has 122 valence electrons. The van der Waals surface area contributed by atoms with Crippen molar-refractivity contribution in [3.8, 4) is 0 Å². The highest BCUT2D eigenvalue weighted by Gasteiger charge is 2.21. The van der Waals surface area contributed by atoms with Crippen LogP contribution in [0.4, 0.5) is 5.95 Å². The predicted molar refractivity (Wildman–Crippen MR) is 90.0 cm³/mol. The Morgan fingerprint density at radius 2 is 2.13 bits per heavy atom. The number of hydrogen-bond acceptors (Lipinski definition) is 4. The second-order valence-corrected chi connectivity index (χ2v) is 6.27. The van der Waals surface area contributed by atoms with Gasteiger partial charge in [-0.3, -0.25) is 10.1 Å². The predicted octanol–water partition coefficient (Wildman–Crippen LogP) is 2.50. The van der Waals surface area contributed by atoms with E-state index >= 15 is 0 Å². The first-order valence-electron chi connectivity index (χ1n) is 7.74. The summed E-state index contributed by atoms with van der Waals surface area (Å²) in [5, 5.41) is 11.2. The summed E-state index contributed by atoms with van der Waals surface area (Å²) in [7, 11) is 1.79. The number of aryl methyl sites for hydroxylation is 2. The highest BCUT2D eigenvalue weighted by Crippen LogP contribution is 2.23. The van der Waals surface area contributed by atoms with Crippen LogP contribution in [0.25, 0.3) is 0 Å². The molecular formula is C16H20ClN5O. The number of hydrogen-bond donors (Lipinski definition) is 2. The quantitative estimate of drug-likeness (QED) is 0.905. The molecule has 3 rings (SSSR count). The molecule has 0 aliphatic carbocycles. The molecule has 0 unspecified atom stereocenters. The molecule has 23 heavy (non-hydrogen) atoms. The number of amides is 1. The smallest absolute Gasteiger partial charge is 0.258 e. The van der Waals surface area contributed by atoms with E-state index in [1.54, 1.807) is 23.9 Å². The molecule has 1 aliphatic heterocycles. The molecule has 0 saturated carbocycles. The van der Waals surface area contributed by atoms with E-state index in [0.29, 0.717) is 22.5 Å². The number of anilines is 1. The van der Waals surface area contributed by atoms with Gasteiger partial charge < -0.3 is 5.32 Å². The van der Waals surface area contributed by atoms with E-state index in [1.807, 2.05) is 13.0 Å². The van der Waals surface area contributed by atoms with Crippen LogP contribution in [0.1, 0.15) is 40.5 Å². The molecule has 1 aromatic heterocycles. The lowest BCUT2D eigenvalue weighted by Crippen LogP contribution is -2.27. The molecule has 1 fully saturated rings. The maximum absolute atomic E-state index is 12.4. The van der Waals surface area contributed by atoms with Crippen molar-refractivity contribution in [3.63, 3.8) is 0 Å². The Hall–Kier alpha value is -1.92. The fourth-order valence-corrected chi connectivity index (χ4v) is 2.85. The molecule has 1 aromatic carbocycles. The van der Waals surface area contributed by atoms with Crippen LogP contribution in [0, 0.1) is 6.92 Å². The fraction of sp³-hybridized carbons (Fsp3) is 0.438. The van der Waals surface area contributed by atoms with Gasteiger partial charge in [-0.15, -0.1) is 0 Å². The Morgan fingerprint density at radius 3 is 2.83 bits per heavy atom. The summed E-state index contributed by atoms with van der Waals surface area (Å²) < 4.78 is 1.62. The average Bonchev–Trinajstić information content (AvgIpc) is 2.92. The van der Waals surface area contributed by atoms with E-state index < -0.39 is 0 Å². The number of rotatable bonds is 3. The number of piperidine rings is 1. The van der Waals surface area contributed by atoms with Gasteiger partial charge in [0.2, 0.25) is 5.95 Å². The van der Waals surface area contributed by atoms with E-state index in [0.717, 1.165) is 37.3 Å². The fourth-order valence-electron chi connectivity index (χ4n) is 2.67. The molecule has 0 radical (unpaired) electrons. The second-order valence-electron chi connectivity index (χ2n) is 5.86. The van der Waals surface area contributed by atoms with Crippen LogP contribution in [0.3, 0.4) is 0 Å². The standard InChI is InChI=1S/C16H20ClN5O/c1-10-3-4-12(9-13(10)17)15(23)20-16-19-14(21-22(16)2)11-5-7-18-8-6-11/h3-4,9,11,18H,5-8H2,1-2H3,(H,19,20,21,23). The SMILES string of the molecule is Cc1ccc(C(=O)Nc2nc(C3CCNCC3)nn2C)cc1Cl. The van der Waals surface area contributed by atoms with Crippen molar-refractivity contribution in [1.29, 1.82) is 0 Å². The lowest BCUT2D eigenvalue weighted by atomic mass is 9.98. The third-order valence-electron chi connectivity index (χ3n) is 4.14. The van der Waals surface area contributed by atoms with E-state index in [-0.39, 0.29) is 5.91 Å². The summed E-state index contributed by atoms with van der Waals surface area (Å²) in [6.45, 7) is 3.86. The van der Waals surface area contributed by atoms with Crippen molar-refractivity contribution in [2.75, 3.05) is 18.4 Å². The monoisotopic (exact) mass is 333 g/mol. The summed E-state index contributed by atoms with van der Waals surface area (Å²) >= 11 is 6.08. The van der Waals surface area contributed by atoms with Gasteiger partial charge in [-0.2, -0.15) is 10.1 Å². The Bertz CT molecular complexity index is 721. The van der Waals surface area contributed by atoms with E-state index in [4.69, 9.17) is 11.6 Å². The molecule has 0 bridgehead atoms. The highest BCUT2D eigenvalue weighted by atomic mass is 35.5. The van der Waals surface area contributed by atoms with Crippen molar-refractivity contribution in [2.24, 2.45) is 7.05 Å². The van der Waals surface area contributed by atoms with Crippen LogP contribution < -0.4 is 10.6 Å². The number of benzene rings is 1. The first kappa shape index (κ1) is 16.0. The number of nitrogens with zero attached hydrogens (tertiary/aromatic N) is 3. The number of nitrogens with one attached hydrogen (secondary N) is 2. The lowest BCUT2D eigenvalue weighted by Gasteiger charge is -2.19. The Kier molecular flexibility index (Phi) is 4.63. The van der Waals surface area contributed by atoms with Crippen LogP contribution >= 0.6 is 11.6 Å². The summed E-state index contributed by atoms with van der Waals surface area (Å²) in [5.41, 5.74) is 1.45. The van der Waals surface area contributed by atoms with Crippen molar-refractivity contribution in [3.05, 3.63) is 40.2 Å². The third-order valence-corrected chi connectivity index (χ3v) is 4.55. The lowest BCUT2D eigenvalue weighted by molar-refractivity contribution is 0.102. The molecule has 2 heterocycles. The van der Waals surface area contributed by atoms with Gasteiger partial charge in [0.05, 0.1) is 0 Å². The molecule has 2 N–H and O–H groups in total. The largest absolute Gasteiger partial charge is 0.317 e. The molecule has 2 aromatic rings. The van der Waals surface area contributed by atoms with Gasteiger partial charge in [0.25, 0.3) is 5.91 Å². The molecule has 0 atom stereocenters. The summed E-state index contributed by atoms with van der Waals surface area (Å²) in [6, 6.07) is 5.24. The summed E-state index contributed by atoms with van der Waals surface area (Å²) in [5.74, 6) is 1.37. The van der Waals surface area contributed by atoms with Gasteiger partial charge in [0, 0.05) is 23.6 Å². The maximum atomic E-state index is 12.4. The van der Waals surface area contributed by atoms with Gasteiger partial charge in [-0.25, -0.2) is 4.68 Å². The molecular weight excluding hydrogens is 314 g/mol. The minimum absolute atomic E-state index is 0.237. The van der Waals surface area contributed by atoms with E-state index in [9.17, 15) is 4.79 Å². The van der Waals surface area contributed by atoms with Crippen molar-refractivity contribution in [1.82, 2.24) is 20.1 Å². The van der Waals surface area contributed by atoms with Crippen LogP contribution in [0.15, 0.2) is 18.2 Å². The van der Waals surface area contributed by atoms with Crippen LogP contribution in [-0.2, 0) is 7.05 Å². The highest BCUT2D eigenvalue weighted by molar-refractivity contribution is 6.31. The Morgan fingerprint density at radius 1 is 1.39 bits per heavy atom. The second kappa shape index (κ2) is 6.68. The van der Waals surface area contributed by atoms with Crippen LogP contribution in [0.2, 0.25) is 5.02 Å². The zero-order valence-corrected chi connectivity index (χ0v) is 14.0. The van der Waals surface area contributed by atoms with Gasteiger partial charge >= 0.3 is 0 Å². The zero-order chi connectivity index (χ0) is 16.4. The number of carbonyl (C=O) groups is 1. The normalized spacial score (nSPS) is 15.6. The van der Waals surface area contributed by atoms with Crippen molar-refractivity contribution < 1.29 is 4.79 Å². The molecule has 1 amide bonds. The van der Waals surface area contributed by atoms with E-state index in [2.05, 4.69) is 20.7 Å². The van der Waals surface area contributed by atoms with Gasteiger partial charge in [-0.05, 0) is 50.6 Å².